The first-order valence-electron chi connectivity index (χ1n) is 6.47. The molecule has 0 aliphatic carbocycles. The minimum Gasteiger partial charge on any atom is -0.345 e. The lowest BCUT2D eigenvalue weighted by atomic mass is 10.0. The van der Waals surface area contributed by atoms with Crippen LogP contribution < -0.4 is 0 Å². The minimum atomic E-state index is -0.295. The molecular formula is C15H18FN3O. The molecule has 0 radical (unpaired) electrons. The third-order valence-electron chi connectivity index (χ3n) is 3.06. The Bertz CT molecular complexity index is 615. The molecule has 2 rings (SSSR count). The van der Waals surface area contributed by atoms with E-state index >= 15 is 0 Å². The van der Waals surface area contributed by atoms with Gasteiger partial charge in [-0.05, 0) is 30.2 Å². The van der Waals surface area contributed by atoms with Gasteiger partial charge in [-0.25, -0.2) is 9.07 Å². The van der Waals surface area contributed by atoms with E-state index in [0.717, 1.165) is 11.4 Å². The van der Waals surface area contributed by atoms with Crippen molar-refractivity contribution >= 4 is 5.91 Å². The molecule has 0 saturated heterocycles. The summed E-state index contributed by atoms with van der Waals surface area (Å²) in [5.41, 5.74) is 2.15. The number of nitrogens with zero attached hydrogens (tertiary/aromatic N) is 3. The smallest absolute Gasteiger partial charge is 0.256 e. The van der Waals surface area contributed by atoms with E-state index in [-0.39, 0.29) is 17.6 Å². The summed E-state index contributed by atoms with van der Waals surface area (Å²) in [7, 11) is 3.42. The Morgan fingerprint density at radius 3 is 2.35 bits per heavy atom. The van der Waals surface area contributed by atoms with Gasteiger partial charge in [0, 0.05) is 14.1 Å². The summed E-state index contributed by atoms with van der Waals surface area (Å²) in [6, 6.07) is 6.07. The summed E-state index contributed by atoms with van der Waals surface area (Å²) in [5.74, 6) is -0.250. The first-order chi connectivity index (χ1) is 9.41. The van der Waals surface area contributed by atoms with E-state index in [0.29, 0.717) is 5.56 Å². The Morgan fingerprint density at radius 1 is 1.25 bits per heavy atom. The Kier molecular flexibility index (Phi) is 3.88. The lowest BCUT2D eigenvalue weighted by Crippen LogP contribution is -2.23. The summed E-state index contributed by atoms with van der Waals surface area (Å²) < 4.78 is 14.7. The normalized spacial score (nSPS) is 10.9. The second-order valence-corrected chi connectivity index (χ2v) is 5.19. The highest BCUT2D eigenvalue weighted by Gasteiger charge is 2.21. The number of aromatic nitrogens is 2. The SMILES string of the molecule is CC(C)c1c(C(=O)N(C)C)cnn1-c1ccc(F)cc1. The van der Waals surface area contributed by atoms with Crippen molar-refractivity contribution < 1.29 is 9.18 Å². The monoisotopic (exact) mass is 275 g/mol. The summed E-state index contributed by atoms with van der Waals surface area (Å²) in [6.07, 6.45) is 1.57. The number of carbonyl (C=O) groups is 1. The van der Waals surface area contributed by atoms with Crippen LogP contribution in [0.5, 0.6) is 0 Å². The van der Waals surface area contributed by atoms with E-state index in [1.54, 1.807) is 37.1 Å². The van der Waals surface area contributed by atoms with Crippen molar-refractivity contribution in [3.8, 4) is 5.69 Å². The lowest BCUT2D eigenvalue weighted by Gasteiger charge is -2.15. The molecule has 4 nitrogen and oxygen atoms in total. The molecular weight excluding hydrogens is 257 g/mol. The molecule has 2 aromatic rings. The number of benzene rings is 1. The van der Waals surface area contributed by atoms with E-state index in [1.807, 2.05) is 13.8 Å². The fraction of sp³-hybridized carbons (Fsp3) is 0.333. The zero-order chi connectivity index (χ0) is 14.9. The maximum atomic E-state index is 13.0. The molecule has 5 heteroatoms. The molecule has 0 aliphatic heterocycles. The standard InChI is InChI=1S/C15H18FN3O/c1-10(2)14-13(15(20)18(3)4)9-17-19(14)12-7-5-11(16)6-8-12/h5-10H,1-4H3. The number of halogens is 1. The van der Waals surface area contributed by atoms with Gasteiger partial charge in [0.25, 0.3) is 5.91 Å². The summed E-state index contributed by atoms with van der Waals surface area (Å²) in [6.45, 7) is 4.01. The van der Waals surface area contributed by atoms with Gasteiger partial charge in [-0.1, -0.05) is 13.8 Å². The highest BCUT2D eigenvalue weighted by molar-refractivity contribution is 5.95. The van der Waals surface area contributed by atoms with Gasteiger partial charge in [-0.15, -0.1) is 0 Å². The minimum absolute atomic E-state index is 0.0814. The zero-order valence-electron chi connectivity index (χ0n) is 12.1. The van der Waals surface area contributed by atoms with Crippen molar-refractivity contribution in [3.63, 3.8) is 0 Å². The van der Waals surface area contributed by atoms with Crippen molar-refractivity contribution in [1.29, 1.82) is 0 Å². The van der Waals surface area contributed by atoms with Gasteiger partial charge in [0.15, 0.2) is 0 Å². The van der Waals surface area contributed by atoms with Crippen LogP contribution in [0.25, 0.3) is 5.69 Å². The van der Waals surface area contributed by atoms with Crippen LogP contribution in [0.1, 0.15) is 35.8 Å². The fourth-order valence-electron chi connectivity index (χ4n) is 2.11. The Labute approximate surface area is 117 Å². The Hall–Kier alpha value is -2.17. The number of carbonyl (C=O) groups excluding carboxylic acids is 1. The lowest BCUT2D eigenvalue weighted by molar-refractivity contribution is 0.0826. The van der Waals surface area contributed by atoms with Gasteiger partial charge < -0.3 is 4.90 Å². The average molecular weight is 275 g/mol. The zero-order valence-corrected chi connectivity index (χ0v) is 12.1. The predicted octanol–water partition coefficient (Wildman–Crippen LogP) is 2.84. The molecule has 0 bridgehead atoms. The van der Waals surface area contributed by atoms with E-state index in [4.69, 9.17) is 0 Å². The Morgan fingerprint density at radius 2 is 1.85 bits per heavy atom. The van der Waals surface area contributed by atoms with Crippen molar-refractivity contribution in [3.05, 3.63) is 47.5 Å². The molecule has 1 aromatic carbocycles. The van der Waals surface area contributed by atoms with Crippen LogP contribution in [-0.2, 0) is 0 Å². The Balaban J connectivity index is 2.55. The van der Waals surface area contributed by atoms with Crippen LogP contribution in [0.3, 0.4) is 0 Å². The number of amides is 1. The van der Waals surface area contributed by atoms with E-state index in [9.17, 15) is 9.18 Å². The van der Waals surface area contributed by atoms with Gasteiger partial charge in [-0.3, -0.25) is 4.79 Å². The molecule has 0 spiro atoms. The van der Waals surface area contributed by atoms with E-state index < -0.39 is 0 Å². The summed E-state index contributed by atoms with van der Waals surface area (Å²) >= 11 is 0. The number of hydrogen-bond donors (Lipinski definition) is 0. The molecule has 0 atom stereocenters. The average Bonchev–Trinajstić information content (AvgIpc) is 2.83. The topological polar surface area (TPSA) is 38.1 Å². The van der Waals surface area contributed by atoms with E-state index in [1.165, 1.54) is 17.0 Å². The highest BCUT2D eigenvalue weighted by Crippen LogP contribution is 2.23. The third-order valence-corrected chi connectivity index (χ3v) is 3.06. The second kappa shape index (κ2) is 5.45. The van der Waals surface area contributed by atoms with Crippen LogP contribution >= 0.6 is 0 Å². The van der Waals surface area contributed by atoms with Gasteiger partial charge in [0.05, 0.1) is 23.1 Å². The quantitative estimate of drug-likeness (QED) is 0.864. The molecule has 1 aromatic heterocycles. The molecule has 1 heterocycles. The van der Waals surface area contributed by atoms with Gasteiger partial charge in [0.1, 0.15) is 5.82 Å². The molecule has 0 saturated carbocycles. The van der Waals surface area contributed by atoms with Crippen LogP contribution in [0.4, 0.5) is 4.39 Å². The van der Waals surface area contributed by atoms with Crippen molar-refractivity contribution in [2.45, 2.75) is 19.8 Å². The first-order valence-corrected chi connectivity index (χ1v) is 6.47. The number of hydrogen-bond acceptors (Lipinski definition) is 2. The molecule has 0 aliphatic rings. The molecule has 0 unspecified atom stereocenters. The predicted molar refractivity (Wildman–Crippen MR) is 75.6 cm³/mol. The van der Waals surface area contributed by atoms with Crippen LogP contribution in [-0.4, -0.2) is 34.7 Å². The maximum Gasteiger partial charge on any atom is 0.256 e. The van der Waals surface area contributed by atoms with Gasteiger partial charge in [0.2, 0.25) is 0 Å². The van der Waals surface area contributed by atoms with Crippen LogP contribution in [0.15, 0.2) is 30.5 Å². The highest BCUT2D eigenvalue weighted by atomic mass is 19.1. The molecule has 0 fully saturated rings. The first kappa shape index (κ1) is 14.2. The van der Waals surface area contributed by atoms with Crippen LogP contribution in [0, 0.1) is 5.82 Å². The second-order valence-electron chi connectivity index (χ2n) is 5.19. The molecule has 1 amide bonds. The molecule has 106 valence electrons. The molecule has 0 N–H and O–H groups in total. The van der Waals surface area contributed by atoms with Gasteiger partial charge >= 0.3 is 0 Å². The van der Waals surface area contributed by atoms with E-state index in [2.05, 4.69) is 5.10 Å². The molecule has 20 heavy (non-hydrogen) atoms. The summed E-state index contributed by atoms with van der Waals surface area (Å²) in [5, 5.41) is 4.29. The van der Waals surface area contributed by atoms with Gasteiger partial charge in [-0.2, -0.15) is 5.10 Å². The third kappa shape index (κ3) is 2.57. The van der Waals surface area contributed by atoms with Crippen molar-refractivity contribution in [2.24, 2.45) is 0 Å². The van der Waals surface area contributed by atoms with Crippen LogP contribution in [0.2, 0.25) is 0 Å². The number of rotatable bonds is 3. The summed E-state index contributed by atoms with van der Waals surface area (Å²) in [4.78, 5) is 13.7. The largest absolute Gasteiger partial charge is 0.345 e. The van der Waals surface area contributed by atoms with Crippen molar-refractivity contribution in [1.82, 2.24) is 14.7 Å². The van der Waals surface area contributed by atoms with Crippen molar-refractivity contribution in [2.75, 3.05) is 14.1 Å². The maximum absolute atomic E-state index is 13.0. The fourth-order valence-corrected chi connectivity index (χ4v) is 2.11.